The molecule has 1 aromatic carbocycles. The van der Waals surface area contributed by atoms with Crippen molar-refractivity contribution in [2.45, 2.75) is 19.7 Å². The molecule has 0 saturated heterocycles. The van der Waals surface area contributed by atoms with Gasteiger partial charge in [0, 0.05) is 0 Å². The Balaban J connectivity index is 2.89. The van der Waals surface area contributed by atoms with E-state index in [1.807, 2.05) is 6.92 Å². The molecule has 0 bridgehead atoms. The Kier molecular flexibility index (Phi) is 2.88. The average Bonchev–Trinajstić information content (AvgIpc) is 2.06. The van der Waals surface area contributed by atoms with E-state index in [1.54, 1.807) is 6.07 Å². The highest BCUT2D eigenvalue weighted by molar-refractivity contribution is 5.54. The molecule has 78 valence electrons. The van der Waals surface area contributed by atoms with Crippen LogP contribution >= 0.6 is 0 Å². The van der Waals surface area contributed by atoms with E-state index in [0.717, 1.165) is 12.0 Å². The Morgan fingerprint density at radius 2 is 2.00 bits per heavy atom. The third-order valence-electron chi connectivity index (χ3n) is 1.71. The monoisotopic (exact) mass is 205 g/mol. The number of nitrogens with two attached hydrogens (primary N) is 1. The number of alkyl halides is 3. The molecule has 0 aromatic heterocycles. The van der Waals surface area contributed by atoms with Crippen LogP contribution in [0.25, 0.3) is 0 Å². The number of aryl methyl sites for hydroxylation is 1. The zero-order valence-electron chi connectivity index (χ0n) is 7.56. The highest BCUT2D eigenvalue weighted by atomic mass is 19.4. The minimum Gasteiger partial charge on any atom is -0.404 e. The van der Waals surface area contributed by atoms with Gasteiger partial charge in [0.15, 0.2) is 5.75 Å². The maximum Gasteiger partial charge on any atom is 0.573 e. The number of hydrogen-bond acceptors (Lipinski definition) is 2. The normalized spacial score (nSPS) is 11.4. The third kappa shape index (κ3) is 2.83. The zero-order chi connectivity index (χ0) is 10.8. The Bertz CT molecular complexity index is 322. The van der Waals surface area contributed by atoms with Crippen LogP contribution in [0.5, 0.6) is 5.75 Å². The van der Waals surface area contributed by atoms with Crippen molar-refractivity contribution in [1.29, 1.82) is 0 Å². The zero-order valence-corrected chi connectivity index (χ0v) is 7.56. The summed E-state index contributed by atoms with van der Waals surface area (Å²) in [5, 5.41) is 0. The van der Waals surface area contributed by atoms with E-state index >= 15 is 0 Å². The first-order valence-corrected chi connectivity index (χ1v) is 4.06. The predicted molar refractivity (Wildman–Crippen MR) is 46.9 cm³/mol. The molecule has 2 nitrogen and oxygen atoms in total. The van der Waals surface area contributed by atoms with Gasteiger partial charge in [-0.1, -0.05) is 13.0 Å². The van der Waals surface area contributed by atoms with Gasteiger partial charge in [-0.2, -0.15) is 0 Å². The molecule has 0 atom stereocenters. The molecule has 5 heteroatoms. The van der Waals surface area contributed by atoms with Gasteiger partial charge in [-0.05, 0) is 24.1 Å². The molecule has 0 aliphatic carbocycles. The molecule has 0 aliphatic heterocycles. The van der Waals surface area contributed by atoms with Crippen molar-refractivity contribution in [3.8, 4) is 5.75 Å². The van der Waals surface area contributed by atoms with Crippen LogP contribution in [0.15, 0.2) is 18.2 Å². The van der Waals surface area contributed by atoms with Gasteiger partial charge in [0.05, 0.1) is 5.69 Å². The lowest BCUT2D eigenvalue weighted by Gasteiger charge is -2.11. The molecule has 0 saturated carbocycles. The quantitative estimate of drug-likeness (QED) is 0.753. The van der Waals surface area contributed by atoms with Crippen LogP contribution < -0.4 is 10.5 Å². The van der Waals surface area contributed by atoms with E-state index in [9.17, 15) is 13.2 Å². The molecule has 0 unspecified atom stereocenters. The summed E-state index contributed by atoms with van der Waals surface area (Å²) in [7, 11) is 0. The summed E-state index contributed by atoms with van der Waals surface area (Å²) in [6, 6.07) is 4.25. The number of rotatable bonds is 2. The van der Waals surface area contributed by atoms with Gasteiger partial charge >= 0.3 is 6.36 Å². The van der Waals surface area contributed by atoms with Crippen LogP contribution in [0.4, 0.5) is 18.9 Å². The second kappa shape index (κ2) is 3.77. The maximum absolute atomic E-state index is 11.8. The van der Waals surface area contributed by atoms with Crippen LogP contribution in [0, 0.1) is 0 Å². The van der Waals surface area contributed by atoms with Gasteiger partial charge in [-0.3, -0.25) is 0 Å². The number of halogens is 3. The lowest BCUT2D eigenvalue weighted by atomic mass is 10.1. The van der Waals surface area contributed by atoms with E-state index in [0.29, 0.717) is 0 Å². The van der Waals surface area contributed by atoms with Crippen molar-refractivity contribution in [3.63, 3.8) is 0 Å². The summed E-state index contributed by atoms with van der Waals surface area (Å²) in [6.45, 7) is 1.89. The molecule has 1 aromatic rings. The topological polar surface area (TPSA) is 35.2 Å². The minimum absolute atomic E-state index is 0.00155. The van der Waals surface area contributed by atoms with Gasteiger partial charge < -0.3 is 10.5 Å². The number of ether oxygens (including phenoxy) is 1. The molecule has 0 amide bonds. The number of hydrogen-bond donors (Lipinski definition) is 1. The minimum atomic E-state index is -4.69. The van der Waals surface area contributed by atoms with Gasteiger partial charge in [-0.25, -0.2) is 0 Å². The Labute approximate surface area is 79.5 Å². The average molecular weight is 205 g/mol. The standard InChI is InChI=1S/C9H10F3NO/c1-2-6-3-4-8(7(13)5-6)14-9(10,11)12/h3-5H,2,13H2,1H3. The van der Waals surface area contributed by atoms with E-state index in [-0.39, 0.29) is 11.4 Å². The van der Waals surface area contributed by atoms with E-state index in [1.165, 1.54) is 12.1 Å². The third-order valence-corrected chi connectivity index (χ3v) is 1.71. The lowest BCUT2D eigenvalue weighted by Crippen LogP contribution is -2.18. The number of nitrogen functional groups attached to an aromatic ring is 1. The molecule has 0 spiro atoms. The smallest absolute Gasteiger partial charge is 0.404 e. The van der Waals surface area contributed by atoms with Crippen molar-refractivity contribution in [2.24, 2.45) is 0 Å². The number of anilines is 1. The highest BCUT2D eigenvalue weighted by Gasteiger charge is 2.31. The van der Waals surface area contributed by atoms with Gasteiger partial charge in [-0.15, -0.1) is 13.2 Å². The first-order chi connectivity index (χ1) is 6.42. The SMILES string of the molecule is CCc1ccc(OC(F)(F)F)c(N)c1. The van der Waals surface area contributed by atoms with Crippen LogP contribution in [0.3, 0.4) is 0 Å². The van der Waals surface area contributed by atoms with Crippen LogP contribution in [-0.4, -0.2) is 6.36 Å². The van der Waals surface area contributed by atoms with Crippen molar-refractivity contribution in [3.05, 3.63) is 23.8 Å². The summed E-state index contributed by atoms with van der Waals surface area (Å²) in [6.07, 6.45) is -3.97. The summed E-state index contributed by atoms with van der Waals surface area (Å²) in [5.41, 5.74) is 6.25. The first kappa shape index (κ1) is 10.7. The summed E-state index contributed by atoms with van der Waals surface area (Å²) in [4.78, 5) is 0. The maximum atomic E-state index is 11.8. The molecule has 0 aliphatic rings. The lowest BCUT2D eigenvalue weighted by molar-refractivity contribution is -0.274. The van der Waals surface area contributed by atoms with E-state index in [4.69, 9.17) is 5.73 Å². The second-order valence-corrected chi connectivity index (χ2v) is 2.77. The fraction of sp³-hybridized carbons (Fsp3) is 0.333. The molecular weight excluding hydrogens is 195 g/mol. The van der Waals surface area contributed by atoms with Gasteiger partial charge in [0.2, 0.25) is 0 Å². The summed E-state index contributed by atoms with van der Waals surface area (Å²) >= 11 is 0. The molecule has 0 radical (unpaired) electrons. The second-order valence-electron chi connectivity index (χ2n) is 2.77. The van der Waals surface area contributed by atoms with Crippen molar-refractivity contribution in [2.75, 3.05) is 5.73 Å². The van der Waals surface area contributed by atoms with Crippen molar-refractivity contribution in [1.82, 2.24) is 0 Å². The Morgan fingerprint density at radius 1 is 1.36 bits per heavy atom. The van der Waals surface area contributed by atoms with Crippen molar-refractivity contribution < 1.29 is 17.9 Å². The largest absolute Gasteiger partial charge is 0.573 e. The first-order valence-electron chi connectivity index (χ1n) is 4.06. The fourth-order valence-electron chi connectivity index (χ4n) is 1.04. The molecule has 1 rings (SSSR count). The molecule has 0 fully saturated rings. The van der Waals surface area contributed by atoms with Crippen LogP contribution in [-0.2, 0) is 6.42 Å². The van der Waals surface area contributed by atoms with Gasteiger partial charge in [0.25, 0.3) is 0 Å². The van der Waals surface area contributed by atoms with Crippen molar-refractivity contribution >= 4 is 5.69 Å². The highest BCUT2D eigenvalue weighted by Crippen LogP contribution is 2.28. The van der Waals surface area contributed by atoms with Crippen LogP contribution in [0.2, 0.25) is 0 Å². The Hall–Kier alpha value is -1.39. The molecular formula is C9H10F3NO. The van der Waals surface area contributed by atoms with Gasteiger partial charge in [0.1, 0.15) is 0 Å². The fourth-order valence-corrected chi connectivity index (χ4v) is 1.04. The molecule has 2 N–H and O–H groups in total. The predicted octanol–water partition coefficient (Wildman–Crippen LogP) is 2.73. The summed E-state index contributed by atoms with van der Waals surface area (Å²) < 4.78 is 39.2. The van der Waals surface area contributed by atoms with E-state index < -0.39 is 6.36 Å². The number of benzene rings is 1. The Morgan fingerprint density at radius 3 is 2.43 bits per heavy atom. The molecule has 14 heavy (non-hydrogen) atoms. The van der Waals surface area contributed by atoms with Crippen LogP contribution in [0.1, 0.15) is 12.5 Å². The summed E-state index contributed by atoms with van der Waals surface area (Å²) in [5.74, 6) is -0.352. The molecule has 0 heterocycles. The van der Waals surface area contributed by atoms with E-state index in [2.05, 4.69) is 4.74 Å².